The topological polar surface area (TPSA) is 78.0 Å². The molecular formula is C15H22O4. The minimum absolute atomic E-state index is 0. The maximum Gasteiger partial charge on any atom is 0.192 e. The summed E-state index contributed by atoms with van der Waals surface area (Å²) in [4.78, 5) is 11.7. The third kappa shape index (κ3) is 7.18. The average Bonchev–Trinajstić information content (AvgIpc) is 2.39. The van der Waals surface area contributed by atoms with Gasteiger partial charge in [0.1, 0.15) is 5.75 Å². The van der Waals surface area contributed by atoms with Gasteiger partial charge in [0.2, 0.25) is 0 Å². The third-order valence-electron chi connectivity index (χ3n) is 2.01. The standard InChI is InChI=1S/C13H14O2.C2H6O.H2O/c1-4-5-10(2)13(14)11-6-8-12(15-3)9-7-11;1-2-3;/h4-9H,2H2,1,3H3;3H,2H2,1H3;1H2/b5-4-;;. The Morgan fingerprint density at radius 3 is 2.21 bits per heavy atom. The summed E-state index contributed by atoms with van der Waals surface area (Å²) in [5, 5.41) is 7.57. The fraction of sp³-hybridized carbons (Fsp3) is 0.267. The molecule has 1 aromatic carbocycles. The molecule has 106 valence electrons. The Balaban J connectivity index is 0. The van der Waals surface area contributed by atoms with Crippen LogP contribution in [0.5, 0.6) is 5.75 Å². The van der Waals surface area contributed by atoms with E-state index in [0.29, 0.717) is 11.1 Å². The van der Waals surface area contributed by atoms with Gasteiger partial charge in [0, 0.05) is 17.7 Å². The second kappa shape index (κ2) is 11.2. The Hall–Kier alpha value is -1.91. The van der Waals surface area contributed by atoms with Gasteiger partial charge in [0.05, 0.1) is 7.11 Å². The van der Waals surface area contributed by atoms with Gasteiger partial charge in [-0.15, -0.1) is 0 Å². The van der Waals surface area contributed by atoms with E-state index in [-0.39, 0.29) is 17.9 Å². The zero-order valence-electron chi connectivity index (χ0n) is 11.6. The summed E-state index contributed by atoms with van der Waals surface area (Å²) in [5.41, 5.74) is 1.11. The van der Waals surface area contributed by atoms with E-state index in [9.17, 15) is 4.79 Å². The van der Waals surface area contributed by atoms with E-state index in [1.165, 1.54) is 0 Å². The Bertz CT molecular complexity index is 405. The highest BCUT2D eigenvalue weighted by atomic mass is 16.5. The van der Waals surface area contributed by atoms with Crippen LogP contribution in [-0.2, 0) is 0 Å². The van der Waals surface area contributed by atoms with Gasteiger partial charge < -0.3 is 15.3 Å². The van der Waals surface area contributed by atoms with Crippen molar-refractivity contribution in [3.63, 3.8) is 0 Å². The lowest BCUT2D eigenvalue weighted by atomic mass is 10.0. The monoisotopic (exact) mass is 266 g/mol. The number of hydrogen-bond acceptors (Lipinski definition) is 3. The number of aliphatic hydroxyl groups excluding tert-OH is 1. The highest BCUT2D eigenvalue weighted by Gasteiger charge is 2.07. The van der Waals surface area contributed by atoms with Crippen molar-refractivity contribution in [3.05, 3.63) is 54.1 Å². The fourth-order valence-electron chi connectivity index (χ4n) is 1.20. The molecule has 0 atom stereocenters. The number of Topliss-reactive ketones (excluding diaryl/α,β-unsaturated/α-hetero) is 1. The number of ether oxygens (including phenoxy) is 1. The van der Waals surface area contributed by atoms with Crippen LogP contribution in [0.15, 0.2) is 48.6 Å². The normalized spacial score (nSPS) is 9.05. The fourth-order valence-corrected chi connectivity index (χ4v) is 1.20. The lowest BCUT2D eigenvalue weighted by molar-refractivity contribution is 0.103. The summed E-state index contributed by atoms with van der Waals surface area (Å²) in [5.74, 6) is 0.680. The molecule has 0 aliphatic heterocycles. The molecule has 0 saturated heterocycles. The Morgan fingerprint density at radius 1 is 1.37 bits per heavy atom. The summed E-state index contributed by atoms with van der Waals surface area (Å²) in [6, 6.07) is 6.98. The van der Waals surface area contributed by atoms with Crippen molar-refractivity contribution in [3.8, 4) is 5.75 Å². The van der Waals surface area contributed by atoms with Crippen LogP contribution in [0.1, 0.15) is 24.2 Å². The molecular weight excluding hydrogens is 244 g/mol. The van der Waals surface area contributed by atoms with E-state index in [1.807, 2.05) is 6.92 Å². The van der Waals surface area contributed by atoms with Crippen molar-refractivity contribution >= 4 is 5.78 Å². The molecule has 0 saturated carbocycles. The molecule has 3 N–H and O–H groups in total. The smallest absolute Gasteiger partial charge is 0.192 e. The van der Waals surface area contributed by atoms with Crippen molar-refractivity contribution < 1.29 is 20.1 Å². The van der Waals surface area contributed by atoms with E-state index in [2.05, 4.69) is 6.58 Å². The van der Waals surface area contributed by atoms with E-state index < -0.39 is 0 Å². The second-order valence-corrected chi connectivity index (χ2v) is 3.40. The number of carbonyl (C=O) groups excluding carboxylic acids is 1. The highest BCUT2D eigenvalue weighted by Crippen LogP contribution is 2.14. The number of ketones is 1. The Morgan fingerprint density at radius 2 is 1.84 bits per heavy atom. The maximum atomic E-state index is 11.7. The molecule has 0 spiro atoms. The first-order valence-electron chi connectivity index (χ1n) is 5.71. The average molecular weight is 266 g/mol. The Labute approximate surface area is 114 Å². The number of benzene rings is 1. The van der Waals surface area contributed by atoms with Crippen molar-refractivity contribution in [2.75, 3.05) is 13.7 Å². The molecule has 0 amide bonds. The molecule has 0 aliphatic carbocycles. The molecule has 0 aliphatic rings. The maximum absolute atomic E-state index is 11.7. The quantitative estimate of drug-likeness (QED) is 0.515. The first-order chi connectivity index (χ1) is 8.60. The molecule has 0 radical (unpaired) electrons. The summed E-state index contributed by atoms with van der Waals surface area (Å²) in [6.45, 7) is 7.48. The highest BCUT2D eigenvalue weighted by molar-refractivity contribution is 6.10. The minimum atomic E-state index is -0.0595. The van der Waals surface area contributed by atoms with Crippen molar-refractivity contribution in [1.82, 2.24) is 0 Å². The van der Waals surface area contributed by atoms with E-state index in [1.54, 1.807) is 50.5 Å². The SMILES string of the molecule is C=C(/C=C\C)C(=O)c1ccc(OC)cc1.CCO.O. The first kappa shape index (κ1) is 19.4. The number of methoxy groups -OCH3 is 1. The summed E-state index contributed by atoms with van der Waals surface area (Å²) < 4.78 is 5.01. The lowest BCUT2D eigenvalue weighted by Gasteiger charge is -2.02. The summed E-state index contributed by atoms with van der Waals surface area (Å²) in [6.07, 6.45) is 3.50. The molecule has 0 unspecified atom stereocenters. The van der Waals surface area contributed by atoms with Gasteiger partial charge >= 0.3 is 0 Å². The van der Waals surface area contributed by atoms with Gasteiger partial charge in [0.15, 0.2) is 5.78 Å². The van der Waals surface area contributed by atoms with Crippen LogP contribution in [-0.4, -0.2) is 30.1 Å². The van der Waals surface area contributed by atoms with Gasteiger partial charge in [-0.05, 0) is 38.1 Å². The number of carbonyl (C=O) groups is 1. The molecule has 4 nitrogen and oxygen atoms in total. The minimum Gasteiger partial charge on any atom is -0.497 e. The van der Waals surface area contributed by atoms with Crippen molar-refractivity contribution in [2.24, 2.45) is 0 Å². The van der Waals surface area contributed by atoms with Crippen molar-refractivity contribution in [1.29, 1.82) is 0 Å². The summed E-state index contributed by atoms with van der Waals surface area (Å²) in [7, 11) is 1.59. The van der Waals surface area contributed by atoms with Crippen LogP contribution < -0.4 is 4.74 Å². The number of allylic oxidation sites excluding steroid dienone is 3. The Kier molecular flexibility index (Phi) is 11.4. The molecule has 0 heterocycles. The van der Waals surface area contributed by atoms with Gasteiger partial charge in [-0.25, -0.2) is 0 Å². The summed E-state index contributed by atoms with van der Waals surface area (Å²) >= 11 is 0. The molecule has 0 aromatic heterocycles. The van der Waals surface area contributed by atoms with Crippen LogP contribution >= 0.6 is 0 Å². The molecule has 19 heavy (non-hydrogen) atoms. The molecule has 0 fully saturated rings. The van der Waals surface area contributed by atoms with Crippen LogP contribution in [0.2, 0.25) is 0 Å². The number of rotatable bonds is 4. The van der Waals surface area contributed by atoms with Crippen LogP contribution in [0.3, 0.4) is 0 Å². The number of hydrogen-bond donors (Lipinski definition) is 1. The molecule has 0 bridgehead atoms. The van der Waals surface area contributed by atoms with E-state index >= 15 is 0 Å². The van der Waals surface area contributed by atoms with Gasteiger partial charge in [-0.2, -0.15) is 0 Å². The van der Waals surface area contributed by atoms with Gasteiger partial charge in [-0.3, -0.25) is 4.79 Å². The molecule has 4 heteroatoms. The lowest BCUT2D eigenvalue weighted by Crippen LogP contribution is -2.00. The third-order valence-corrected chi connectivity index (χ3v) is 2.01. The van der Waals surface area contributed by atoms with Gasteiger partial charge in [-0.1, -0.05) is 18.7 Å². The second-order valence-electron chi connectivity index (χ2n) is 3.40. The van der Waals surface area contributed by atoms with Crippen LogP contribution in [0.4, 0.5) is 0 Å². The largest absolute Gasteiger partial charge is 0.497 e. The first-order valence-corrected chi connectivity index (χ1v) is 5.71. The van der Waals surface area contributed by atoms with E-state index in [0.717, 1.165) is 5.75 Å². The zero-order valence-corrected chi connectivity index (χ0v) is 11.6. The van der Waals surface area contributed by atoms with Crippen LogP contribution in [0, 0.1) is 0 Å². The predicted molar refractivity (Wildman–Crippen MR) is 77.7 cm³/mol. The molecule has 1 aromatic rings. The predicted octanol–water partition coefficient (Wildman–Crippen LogP) is 2.18. The van der Waals surface area contributed by atoms with Gasteiger partial charge in [0.25, 0.3) is 0 Å². The van der Waals surface area contributed by atoms with E-state index in [4.69, 9.17) is 9.84 Å². The zero-order chi connectivity index (χ0) is 14.0. The van der Waals surface area contributed by atoms with Crippen LogP contribution in [0.25, 0.3) is 0 Å². The molecule has 1 rings (SSSR count). The number of aliphatic hydroxyl groups is 1. The van der Waals surface area contributed by atoms with Crippen molar-refractivity contribution in [2.45, 2.75) is 13.8 Å².